The Bertz CT molecular complexity index is 453. The zero-order valence-corrected chi connectivity index (χ0v) is 11.0. The molecule has 84 valence electrons. The van der Waals surface area contributed by atoms with E-state index in [1.807, 2.05) is 17.5 Å². The van der Waals surface area contributed by atoms with Gasteiger partial charge in [0.05, 0.1) is 0 Å². The summed E-state index contributed by atoms with van der Waals surface area (Å²) in [5.41, 5.74) is 7.70. The number of rotatable bonds is 4. The van der Waals surface area contributed by atoms with E-state index in [1.54, 1.807) is 11.3 Å². The molecule has 2 aromatic rings. The molecule has 5 heteroatoms. The fourth-order valence-electron chi connectivity index (χ4n) is 1.33. The molecule has 1 aromatic heterocycles. The van der Waals surface area contributed by atoms with Crippen LogP contribution in [0, 0.1) is 0 Å². The first-order valence-electron chi connectivity index (χ1n) is 4.93. The Labute approximate surface area is 107 Å². The van der Waals surface area contributed by atoms with E-state index in [-0.39, 0.29) is 0 Å². The van der Waals surface area contributed by atoms with Crippen LogP contribution in [0.4, 0.5) is 10.8 Å². The Balaban J connectivity index is 1.82. The summed E-state index contributed by atoms with van der Waals surface area (Å²) in [5.74, 6) is 0. The first-order valence-corrected chi connectivity index (χ1v) is 6.60. The van der Waals surface area contributed by atoms with E-state index in [0.29, 0.717) is 0 Å². The smallest absolute Gasteiger partial charge is 0.183 e. The molecule has 0 aliphatic rings. The van der Waals surface area contributed by atoms with Crippen LogP contribution in [-0.2, 0) is 6.42 Å². The van der Waals surface area contributed by atoms with Gasteiger partial charge in [-0.1, -0.05) is 12.1 Å². The second kappa shape index (κ2) is 5.32. The Kier molecular flexibility index (Phi) is 3.79. The maximum Gasteiger partial charge on any atom is 0.183 e. The van der Waals surface area contributed by atoms with E-state index >= 15 is 0 Å². The molecule has 0 aliphatic carbocycles. The molecule has 0 radical (unpaired) electrons. The lowest BCUT2D eigenvalue weighted by molar-refractivity contribution is 1.01. The predicted molar refractivity (Wildman–Crippen MR) is 72.9 cm³/mol. The van der Waals surface area contributed by atoms with Crippen LogP contribution in [0.1, 0.15) is 5.56 Å². The topological polar surface area (TPSA) is 50.9 Å². The third-order valence-electron chi connectivity index (χ3n) is 2.15. The van der Waals surface area contributed by atoms with Crippen molar-refractivity contribution in [2.45, 2.75) is 6.42 Å². The molecule has 1 aromatic carbocycles. The van der Waals surface area contributed by atoms with Crippen molar-refractivity contribution in [2.24, 2.45) is 0 Å². The van der Waals surface area contributed by atoms with E-state index in [9.17, 15) is 0 Å². The van der Waals surface area contributed by atoms with Crippen LogP contribution >= 0.6 is 27.3 Å². The third-order valence-corrected chi connectivity index (χ3v) is 3.66. The molecule has 0 atom stereocenters. The minimum atomic E-state index is 0.806. The minimum absolute atomic E-state index is 0.806. The van der Waals surface area contributed by atoms with Crippen molar-refractivity contribution in [1.82, 2.24) is 4.98 Å². The van der Waals surface area contributed by atoms with Crippen LogP contribution in [-0.4, -0.2) is 11.5 Å². The summed E-state index contributed by atoms with van der Waals surface area (Å²) in [6.45, 7) is 0.879. The van der Waals surface area contributed by atoms with Gasteiger partial charge in [0.25, 0.3) is 0 Å². The Morgan fingerprint density at radius 1 is 1.31 bits per heavy atom. The normalized spacial score (nSPS) is 10.3. The summed E-state index contributed by atoms with van der Waals surface area (Å²) in [7, 11) is 0. The fraction of sp³-hybridized carbons (Fsp3) is 0.182. The Hall–Kier alpha value is -1.07. The standard InChI is InChI=1S/C11H12BrN3S/c12-10-7-16-11(15-10)14-6-5-8-1-3-9(13)4-2-8/h1-4,7H,5-6,13H2,(H,14,15). The number of thiazole rings is 1. The van der Waals surface area contributed by atoms with E-state index < -0.39 is 0 Å². The summed E-state index contributed by atoms with van der Waals surface area (Å²) < 4.78 is 0.882. The maximum atomic E-state index is 5.62. The molecule has 3 N–H and O–H groups in total. The molecule has 0 aliphatic heterocycles. The Morgan fingerprint density at radius 3 is 2.69 bits per heavy atom. The van der Waals surface area contributed by atoms with Gasteiger partial charge in [0.15, 0.2) is 5.13 Å². The molecule has 0 fully saturated rings. The van der Waals surface area contributed by atoms with Crippen LogP contribution in [0.5, 0.6) is 0 Å². The van der Waals surface area contributed by atoms with Gasteiger partial charge in [0.1, 0.15) is 4.60 Å². The quantitative estimate of drug-likeness (QED) is 0.853. The second-order valence-electron chi connectivity index (χ2n) is 3.39. The van der Waals surface area contributed by atoms with Gasteiger partial charge in [-0.05, 0) is 40.0 Å². The summed E-state index contributed by atoms with van der Waals surface area (Å²) in [4.78, 5) is 4.26. The molecule has 1 heterocycles. The highest BCUT2D eigenvalue weighted by Gasteiger charge is 1.98. The van der Waals surface area contributed by atoms with Gasteiger partial charge in [0, 0.05) is 17.6 Å². The lowest BCUT2D eigenvalue weighted by Crippen LogP contribution is -2.04. The van der Waals surface area contributed by atoms with Crippen LogP contribution in [0.25, 0.3) is 0 Å². The highest BCUT2D eigenvalue weighted by molar-refractivity contribution is 9.10. The van der Waals surface area contributed by atoms with E-state index in [2.05, 4.69) is 38.4 Å². The van der Waals surface area contributed by atoms with Gasteiger partial charge < -0.3 is 11.1 Å². The van der Waals surface area contributed by atoms with Crippen LogP contribution in [0.15, 0.2) is 34.2 Å². The molecule has 2 rings (SSSR count). The van der Waals surface area contributed by atoms with Gasteiger partial charge in [0.2, 0.25) is 0 Å². The van der Waals surface area contributed by atoms with Crippen LogP contribution in [0.2, 0.25) is 0 Å². The number of nitrogens with two attached hydrogens (primary N) is 1. The molecular weight excluding hydrogens is 286 g/mol. The van der Waals surface area contributed by atoms with Gasteiger partial charge in [-0.3, -0.25) is 0 Å². The average molecular weight is 298 g/mol. The fourth-order valence-corrected chi connectivity index (χ4v) is 2.51. The van der Waals surface area contributed by atoms with Crippen molar-refractivity contribution in [1.29, 1.82) is 0 Å². The number of nitrogens with one attached hydrogen (secondary N) is 1. The molecule has 0 unspecified atom stereocenters. The summed E-state index contributed by atoms with van der Waals surface area (Å²) in [6, 6.07) is 7.95. The summed E-state index contributed by atoms with van der Waals surface area (Å²) >= 11 is 4.92. The molecule has 0 saturated carbocycles. The lowest BCUT2D eigenvalue weighted by Gasteiger charge is -2.03. The first kappa shape index (κ1) is 11.4. The van der Waals surface area contributed by atoms with E-state index in [0.717, 1.165) is 28.4 Å². The number of benzene rings is 1. The zero-order valence-electron chi connectivity index (χ0n) is 8.61. The average Bonchev–Trinajstić information content (AvgIpc) is 2.67. The minimum Gasteiger partial charge on any atom is -0.399 e. The highest BCUT2D eigenvalue weighted by atomic mass is 79.9. The molecule has 16 heavy (non-hydrogen) atoms. The van der Waals surface area contributed by atoms with Crippen molar-refractivity contribution >= 4 is 38.1 Å². The van der Waals surface area contributed by atoms with Gasteiger partial charge in [-0.15, -0.1) is 11.3 Å². The predicted octanol–water partition coefficient (Wildman–Crippen LogP) is 3.14. The molecule has 0 spiro atoms. The van der Waals surface area contributed by atoms with Gasteiger partial charge in [-0.2, -0.15) is 0 Å². The monoisotopic (exact) mass is 297 g/mol. The lowest BCUT2D eigenvalue weighted by atomic mass is 10.1. The summed E-state index contributed by atoms with van der Waals surface area (Å²) in [5, 5.41) is 6.19. The number of aromatic nitrogens is 1. The number of anilines is 2. The van der Waals surface area contributed by atoms with Crippen LogP contribution in [0.3, 0.4) is 0 Å². The van der Waals surface area contributed by atoms with Crippen molar-refractivity contribution in [2.75, 3.05) is 17.6 Å². The number of hydrogen-bond donors (Lipinski definition) is 2. The van der Waals surface area contributed by atoms with E-state index in [1.165, 1.54) is 5.56 Å². The summed E-state index contributed by atoms with van der Waals surface area (Å²) in [6.07, 6.45) is 0.970. The number of halogens is 1. The molecule has 0 bridgehead atoms. The number of nitrogen functional groups attached to an aromatic ring is 1. The number of hydrogen-bond acceptors (Lipinski definition) is 4. The van der Waals surface area contributed by atoms with Crippen molar-refractivity contribution in [3.8, 4) is 0 Å². The van der Waals surface area contributed by atoms with Crippen molar-refractivity contribution in [3.05, 3.63) is 39.8 Å². The highest BCUT2D eigenvalue weighted by Crippen LogP contribution is 2.19. The van der Waals surface area contributed by atoms with Gasteiger partial charge >= 0.3 is 0 Å². The second-order valence-corrected chi connectivity index (χ2v) is 5.06. The molecular formula is C11H12BrN3S. The zero-order chi connectivity index (χ0) is 11.4. The largest absolute Gasteiger partial charge is 0.399 e. The Morgan fingerprint density at radius 2 is 2.06 bits per heavy atom. The van der Waals surface area contributed by atoms with E-state index in [4.69, 9.17) is 5.73 Å². The molecule has 3 nitrogen and oxygen atoms in total. The maximum absolute atomic E-state index is 5.62. The van der Waals surface area contributed by atoms with Crippen molar-refractivity contribution < 1.29 is 0 Å². The van der Waals surface area contributed by atoms with Crippen LogP contribution < -0.4 is 11.1 Å². The van der Waals surface area contributed by atoms with Crippen molar-refractivity contribution in [3.63, 3.8) is 0 Å². The molecule has 0 saturated heterocycles. The molecule has 0 amide bonds. The SMILES string of the molecule is Nc1ccc(CCNc2nc(Br)cs2)cc1. The first-order chi connectivity index (χ1) is 7.74. The van der Waals surface area contributed by atoms with Gasteiger partial charge in [-0.25, -0.2) is 4.98 Å². The number of nitrogens with zero attached hydrogens (tertiary/aromatic N) is 1. The third kappa shape index (κ3) is 3.21.